The molecule has 1 aromatic rings. The molecule has 0 saturated carbocycles. The molecule has 0 fully saturated rings. The normalized spacial score (nSPS) is 12.1. The molecule has 104 valence electrons. The smallest absolute Gasteiger partial charge is 0.335 e. The van der Waals surface area contributed by atoms with Crippen molar-refractivity contribution in [3.05, 3.63) is 35.4 Å². The number of rotatable bonds is 8. The fourth-order valence-electron chi connectivity index (χ4n) is 2.10. The SMILES string of the molecule is CCCCCCC(C(=O)O)c1cccc(C(=O)O)c1. The van der Waals surface area contributed by atoms with Crippen molar-refractivity contribution in [1.82, 2.24) is 0 Å². The Labute approximate surface area is 113 Å². The Balaban J connectivity index is 2.78. The maximum absolute atomic E-state index is 11.3. The summed E-state index contributed by atoms with van der Waals surface area (Å²) in [5.74, 6) is -2.54. The maximum Gasteiger partial charge on any atom is 0.335 e. The molecule has 0 radical (unpaired) electrons. The molecule has 0 aliphatic rings. The van der Waals surface area contributed by atoms with Crippen molar-refractivity contribution in [3.8, 4) is 0 Å². The molecule has 19 heavy (non-hydrogen) atoms. The van der Waals surface area contributed by atoms with Crippen LogP contribution in [-0.2, 0) is 4.79 Å². The van der Waals surface area contributed by atoms with Crippen molar-refractivity contribution < 1.29 is 19.8 Å². The first-order valence-corrected chi connectivity index (χ1v) is 6.62. The lowest BCUT2D eigenvalue weighted by molar-refractivity contribution is -0.139. The van der Waals surface area contributed by atoms with Crippen molar-refractivity contribution in [2.24, 2.45) is 0 Å². The van der Waals surface area contributed by atoms with E-state index in [0.29, 0.717) is 12.0 Å². The Morgan fingerprint density at radius 2 is 1.89 bits per heavy atom. The van der Waals surface area contributed by atoms with Gasteiger partial charge in [-0.25, -0.2) is 4.79 Å². The molecular formula is C15H20O4. The third-order valence-corrected chi connectivity index (χ3v) is 3.18. The molecule has 1 unspecified atom stereocenters. The summed E-state index contributed by atoms with van der Waals surface area (Å²) in [6, 6.07) is 6.22. The number of unbranched alkanes of at least 4 members (excludes halogenated alkanes) is 3. The van der Waals surface area contributed by atoms with Crippen LogP contribution in [0.4, 0.5) is 0 Å². The summed E-state index contributed by atoms with van der Waals surface area (Å²) in [7, 11) is 0. The fourth-order valence-corrected chi connectivity index (χ4v) is 2.10. The molecule has 0 aromatic heterocycles. The monoisotopic (exact) mass is 264 g/mol. The van der Waals surface area contributed by atoms with Crippen LogP contribution in [0.5, 0.6) is 0 Å². The lowest BCUT2D eigenvalue weighted by Gasteiger charge is -2.13. The Bertz CT molecular complexity index is 440. The Morgan fingerprint density at radius 1 is 1.16 bits per heavy atom. The van der Waals surface area contributed by atoms with Gasteiger partial charge in [-0.05, 0) is 24.1 Å². The first kappa shape index (κ1) is 15.2. The molecule has 1 rings (SSSR count). The Hall–Kier alpha value is -1.84. The predicted octanol–water partition coefficient (Wildman–Crippen LogP) is 3.52. The summed E-state index contributed by atoms with van der Waals surface area (Å²) in [4.78, 5) is 22.2. The lowest BCUT2D eigenvalue weighted by Crippen LogP contribution is -2.12. The van der Waals surface area contributed by atoms with Crippen molar-refractivity contribution in [3.63, 3.8) is 0 Å². The van der Waals surface area contributed by atoms with Gasteiger partial charge in [-0.15, -0.1) is 0 Å². The number of carboxylic acids is 2. The van der Waals surface area contributed by atoms with Crippen LogP contribution in [0.2, 0.25) is 0 Å². The second-order valence-corrected chi connectivity index (χ2v) is 4.67. The molecule has 0 heterocycles. The fraction of sp³-hybridized carbons (Fsp3) is 0.467. The minimum absolute atomic E-state index is 0.136. The van der Waals surface area contributed by atoms with Crippen LogP contribution in [0, 0.1) is 0 Å². The number of aliphatic carboxylic acids is 1. The Morgan fingerprint density at radius 3 is 2.47 bits per heavy atom. The van der Waals surface area contributed by atoms with E-state index < -0.39 is 17.9 Å². The van der Waals surface area contributed by atoms with Gasteiger partial charge >= 0.3 is 11.9 Å². The summed E-state index contributed by atoms with van der Waals surface area (Å²) in [6.45, 7) is 2.10. The van der Waals surface area contributed by atoms with E-state index in [1.54, 1.807) is 12.1 Å². The van der Waals surface area contributed by atoms with E-state index in [1.165, 1.54) is 12.1 Å². The standard InChI is InChI=1S/C15H20O4/c1-2-3-4-5-9-13(15(18)19)11-7-6-8-12(10-11)14(16)17/h6-8,10,13H,2-5,9H2,1H3,(H,16,17)(H,18,19). The third-order valence-electron chi connectivity index (χ3n) is 3.18. The molecule has 0 aliphatic carbocycles. The van der Waals surface area contributed by atoms with Gasteiger partial charge in [-0.1, -0.05) is 44.7 Å². The van der Waals surface area contributed by atoms with Crippen LogP contribution < -0.4 is 0 Å². The zero-order valence-corrected chi connectivity index (χ0v) is 11.1. The summed E-state index contributed by atoms with van der Waals surface area (Å²) in [5, 5.41) is 18.2. The molecule has 1 aromatic carbocycles. The van der Waals surface area contributed by atoms with Crippen LogP contribution >= 0.6 is 0 Å². The van der Waals surface area contributed by atoms with Crippen LogP contribution in [-0.4, -0.2) is 22.2 Å². The number of carboxylic acid groups (broad SMARTS) is 2. The molecule has 0 saturated heterocycles. The molecule has 0 amide bonds. The van der Waals surface area contributed by atoms with Crippen molar-refractivity contribution >= 4 is 11.9 Å². The van der Waals surface area contributed by atoms with E-state index in [2.05, 4.69) is 6.92 Å². The second-order valence-electron chi connectivity index (χ2n) is 4.67. The van der Waals surface area contributed by atoms with Gasteiger partial charge in [0.15, 0.2) is 0 Å². The van der Waals surface area contributed by atoms with Gasteiger partial charge in [0, 0.05) is 0 Å². The topological polar surface area (TPSA) is 74.6 Å². The Kier molecular flexibility index (Phi) is 6.06. The summed E-state index contributed by atoms with van der Waals surface area (Å²) >= 11 is 0. The zero-order chi connectivity index (χ0) is 14.3. The van der Waals surface area contributed by atoms with E-state index in [0.717, 1.165) is 25.7 Å². The minimum Gasteiger partial charge on any atom is -0.481 e. The van der Waals surface area contributed by atoms with E-state index in [1.807, 2.05) is 0 Å². The quantitative estimate of drug-likeness (QED) is 0.704. The zero-order valence-electron chi connectivity index (χ0n) is 11.1. The number of hydrogen-bond donors (Lipinski definition) is 2. The molecule has 4 nitrogen and oxygen atoms in total. The van der Waals surface area contributed by atoms with Crippen molar-refractivity contribution in [2.75, 3.05) is 0 Å². The van der Waals surface area contributed by atoms with Gasteiger partial charge in [0.25, 0.3) is 0 Å². The average molecular weight is 264 g/mol. The molecular weight excluding hydrogens is 244 g/mol. The number of benzene rings is 1. The first-order chi connectivity index (χ1) is 9.06. The highest BCUT2D eigenvalue weighted by molar-refractivity contribution is 5.88. The second kappa shape index (κ2) is 7.56. The molecule has 0 spiro atoms. The maximum atomic E-state index is 11.3. The van der Waals surface area contributed by atoms with Crippen LogP contribution in [0.1, 0.15) is 60.9 Å². The van der Waals surface area contributed by atoms with Gasteiger partial charge in [0.05, 0.1) is 11.5 Å². The third kappa shape index (κ3) is 4.73. The minimum atomic E-state index is -1.03. The highest BCUT2D eigenvalue weighted by atomic mass is 16.4. The highest BCUT2D eigenvalue weighted by Gasteiger charge is 2.20. The molecule has 0 aliphatic heterocycles. The van der Waals surface area contributed by atoms with E-state index in [9.17, 15) is 14.7 Å². The largest absolute Gasteiger partial charge is 0.481 e. The van der Waals surface area contributed by atoms with E-state index >= 15 is 0 Å². The molecule has 0 bridgehead atoms. The highest BCUT2D eigenvalue weighted by Crippen LogP contribution is 2.24. The van der Waals surface area contributed by atoms with Crippen molar-refractivity contribution in [2.45, 2.75) is 44.9 Å². The van der Waals surface area contributed by atoms with Gasteiger partial charge in [-0.2, -0.15) is 0 Å². The summed E-state index contributed by atoms with van der Waals surface area (Å²) in [5.41, 5.74) is 0.709. The van der Waals surface area contributed by atoms with Crippen LogP contribution in [0.3, 0.4) is 0 Å². The summed E-state index contributed by atoms with van der Waals surface area (Å²) in [6.07, 6.45) is 4.62. The van der Waals surface area contributed by atoms with Gasteiger partial charge in [0.2, 0.25) is 0 Å². The van der Waals surface area contributed by atoms with Crippen LogP contribution in [0.15, 0.2) is 24.3 Å². The number of aromatic carboxylic acids is 1. The first-order valence-electron chi connectivity index (χ1n) is 6.62. The van der Waals surface area contributed by atoms with Crippen LogP contribution in [0.25, 0.3) is 0 Å². The molecule has 4 heteroatoms. The summed E-state index contributed by atoms with van der Waals surface area (Å²) < 4.78 is 0. The van der Waals surface area contributed by atoms with Gasteiger partial charge in [-0.3, -0.25) is 4.79 Å². The lowest BCUT2D eigenvalue weighted by atomic mass is 9.92. The van der Waals surface area contributed by atoms with Crippen molar-refractivity contribution in [1.29, 1.82) is 0 Å². The number of carbonyl (C=O) groups is 2. The molecule has 2 N–H and O–H groups in total. The average Bonchev–Trinajstić information content (AvgIpc) is 2.38. The number of hydrogen-bond acceptors (Lipinski definition) is 2. The van der Waals surface area contributed by atoms with Gasteiger partial charge in [0.1, 0.15) is 0 Å². The predicted molar refractivity (Wildman–Crippen MR) is 72.5 cm³/mol. The van der Waals surface area contributed by atoms with Gasteiger partial charge < -0.3 is 10.2 Å². The molecule has 1 atom stereocenters. The van der Waals surface area contributed by atoms with E-state index in [4.69, 9.17) is 5.11 Å². The van der Waals surface area contributed by atoms with E-state index in [-0.39, 0.29) is 5.56 Å².